The van der Waals surface area contributed by atoms with E-state index in [2.05, 4.69) is 4.89 Å². The van der Waals surface area contributed by atoms with Gasteiger partial charge in [0.15, 0.2) is 0 Å². The van der Waals surface area contributed by atoms with Gasteiger partial charge in [-0.25, -0.2) is 4.79 Å². The lowest BCUT2D eigenvalue weighted by molar-refractivity contribution is -0.215. The van der Waals surface area contributed by atoms with Crippen LogP contribution in [0.2, 0.25) is 0 Å². The summed E-state index contributed by atoms with van der Waals surface area (Å²) in [5, 5.41) is 0. The molecular formula is C10H8O5Si. The minimum atomic E-state index is -2.04. The van der Waals surface area contributed by atoms with E-state index in [0.717, 1.165) is 5.56 Å². The van der Waals surface area contributed by atoms with Gasteiger partial charge in [0.1, 0.15) is 6.42 Å². The SMILES string of the molecule is O=C1CC(=O)O/[Si](=C\c2ccccc2)OO1. The van der Waals surface area contributed by atoms with Crippen molar-refractivity contribution in [1.82, 2.24) is 0 Å². The zero-order chi connectivity index (χ0) is 11.4. The van der Waals surface area contributed by atoms with E-state index in [-0.39, 0.29) is 0 Å². The molecule has 2 rings (SSSR count). The molecule has 0 N–H and O–H groups in total. The van der Waals surface area contributed by atoms with Crippen LogP contribution in [0, 0.1) is 0 Å². The number of hydrogen-bond acceptors (Lipinski definition) is 5. The highest BCUT2D eigenvalue weighted by Crippen LogP contribution is 2.01. The molecule has 1 heterocycles. The average Bonchev–Trinajstić information content (AvgIpc) is 2.41. The van der Waals surface area contributed by atoms with Crippen LogP contribution in [0.4, 0.5) is 0 Å². The van der Waals surface area contributed by atoms with Crippen molar-refractivity contribution in [1.29, 1.82) is 0 Å². The monoisotopic (exact) mass is 236 g/mol. The van der Waals surface area contributed by atoms with Crippen molar-refractivity contribution in [2.24, 2.45) is 0 Å². The van der Waals surface area contributed by atoms with Crippen molar-refractivity contribution >= 4 is 26.5 Å². The van der Waals surface area contributed by atoms with Gasteiger partial charge in [-0.3, -0.25) is 9.68 Å². The van der Waals surface area contributed by atoms with Gasteiger partial charge < -0.3 is 9.00 Å². The molecule has 0 unspecified atom stereocenters. The van der Waals surface area contributed by atoms with E-state index in [4.69, 9.17) is 9.00 Å². The lowest BCUT2D eigenvalue weighted by atomic mass is 10.2. The van der Waals surface area contributed by atoms with Crippen LogP contribution in [0.5, 0.6) is 0 Å². The highest BCUT2D eigenvalue weighted by molar-refractivity contribution is 6.58. The standard InChI is InChI=1S/C10H8O5Si/c11-9-6-10(12)14-16(15-13-9)7-8-4-2-1-3-5-8/h1-5,7H,6H2/b16-7+. The van der Waals surface area contributed by atoms with Crippen molar-refractivity contribution in [2.45, 2.75) is 6.42 Å². The maximum atomic E-state index is 11.1. The first-order valence-corrected chi connectivity index (χ1v) is 5.98. The highest BCUT2D eigenvalue weighted by Gasteiger charge is 2.23. The van der Waals surface area contributed by atoms with Crippen LogP contribution in [0.1, 0.15) is 12.0 Å². The van der Waals surface area contributed by atoms with Gasteiger partial charge in [0.05, 0.1) is 0 Å². The molecular weight excluding hydrogens is 228 g/mol. The summed E-state index contributed by atoms with van der Waals surface area (Å²) in [4.78, 5) is 26.3. The number of hydrogen-bond donors (Lipinski definition) is 0. The topological polar surface area (TPSA) is 61.8 Å². The molecule has 1 aliphatic heterocycles. The Morgan fingerprint density at radius 1 is 1.12 bits per heavy atom. The highest BCUT2D eigenvalue weighted by atomic mass is 28.3. The van der Waals surface area contributed by atoms with Crippen LogP contribution >= 0.6 is 0 Å². The molecule has 82 valence electrons. The van der Waals surface area contributed by atoms with Gasteiger partial charge in [0, 0.05) is 5.67 Å². The molecule has 0 spiro atoms. The minimum Gasteiger partial charge on any atom is -0.456 e. The normalized spacial score (nSPS) is 18.4. The predicted octanol–water partition coefficient (Wildman–Crippen LogP) is 0.328. The second kappa shape index (κ2) is 4.71. The van der Waals surface area contributed by atoms with Crippen LogP contribution in [0.3, 0.4) is 0 Å². The Labute approximate surface area is 92.9 Å². The predicted molar refractivity (Wildman–Crippen MR) is 55.2 cm³/mol. The molecule has 1 aliphatic rings. The van der Waals surface area contributed by atoms with Crippen LogP contribution < -0.4 is 0 Å². The molecule has 0 bridgehead atoms. The number of rotatable bonds is 1. The van der Waals surface area contributed by atoms with Crippen molar-refractivity contribution < 1.29 is 23.5 Å². The van der Waals surface area contributed by atoms with E-state index in [0.29, 0.717) is 0 Å². The third-order valence-corrected chi connectivity index (χ3v) is 3.05. The molecule has 1 aromatic carbocycles. The smallest absolute Gasteiger partial charge is 0.456 e. The summed E-state index contributed by atoms with van der Waals surface area (Å²) in [7, 11) is -2.04. The summed E-state index contributed by atoms with van der Waals surface area (Å²) >= 11 is 0. The fourth-order valence-corrected chi connectivity index (χ4v) is 2.22. The van der Waals surface area contributed by atoms with Gasteiger partial charge in [-0.2, -0.15) is 0 Å². The molecule has 1 saturated heterocycles. The molecule has 5 nitrogen and oxygen atoms in total. The second-order valence-corrected chi connectivity index (χ2v) is 4.36. The van der Waals surface area contributed by atoms with Gasteiger partial charge >= 0.3 is 20.8 Å². The molecule has 0 amide bonds. The lowest BCUT2D eigenvalue weighted by Crippen LogP contribution is -2.17. The maximum Gasteiger partial charge on any atom is 0.542 e. The van der Waals surface area contributed by atoms with Gasteiger partial charge in [-0.1, -0.05) is 30.3 Å². The summed E-state index contributed by atoms with van der Waals surface area (Å²) in [5.41, 5.74) is 2.49. The Balaban J connectivity index is 2.18. The first-order valence-electron chi connectivity index (χ1n) is 4.59. The van der Waals surface area contributed by atoms with E-state index < -0.39 is 27.3 Å². The summed E-state index contributed by atoms with van der Waals surface area (Å²) < 4.78 is 9.67. The van der Waals surface area contributed by atoms with E-state index in [1.165, 1.54) is 0 Å². The van der Waals surface area contributed by atoms with Crippen LogP contribution in [0.15, 0.2) is 30.3 Å². The van der Waals surface area contributed by atoms with Gasteiger partial charge in [-0.15, -0.1) is 0 Å². The van der Waals surface area contributed by atoms with Crippen molar-refractivity contribution in [3.8, 4) is 0 Å². The zero-order valence-corrected chi connectivity index (χ0v) is 9.21. The largest absolute Gasteiger partial charge is 0.542 e. The van der Waals surface area contributed by atoms with Gasteiger partial charge in [0.2, 0.25) is 0 Å². The third kappa shape index (κ3) is 2.77. The molecule has 0 atom stereocenters. The minimum absolute atomic E-state index is 0.406. The fraction of sp³-hybridized carbons (Fsp3) is 0.100. The first kappa shape index (κ1) is 10.6. The Hall–Kier alpha value is -1.95. The molecule has 0 aliphatic carbocycles. The Kier molecular flexibility index (Phi) is 3.11. The molecule has 0 saturated carbocycles. The summed E-state index contributed by atoms with van der Waals surface area (Å²) in [6.45, 7) is 0. The Morgan fingerprint density at radius 2 is 1.88 bits per heavy atom. The van der Waals surface area contributed by atoms with Crippen LogP contribution in [-0.2, 0) is 23.5 Å². The first-order chi connectivity index (χ1) is 7.74. The van der Waals surface area contributed by atoms with Crippen molar-refractivity contribution in [3.05, 3.63) is 35.9 Å². The Morgan fingerprint density at radius 3 is 2.62 bits per heavy atom. The maximum absolute atomic E-state index is 11.1. The average molecular weight is 236 g/mol. The molecule has 6 heteroatoms. The number of carbonyl (C=O) groups is 2. The molecule has 16 heavy (non-hydrogen) atoms. The second-order valence-electron chi connectivity index (χ2n) is 3.06. The summed E-state index contributed by atoms with van der Waals surface area (Å²) in [6, 6.07) is 9.23. The van der Waals surface area contributed by atoms with Crippen molar-refractivity contribution in [3.63, 3.8) is 0 Å². The molecule has 0 aromatic heterocycles. The summed E-state index contributed by atoms with van der Waals surface area (Å²) in [6.07, 6.45) is -0.406. The quantitative estimate of drug-likeness (QED) is 0.399. The zero-order valence-electron chi connectivity index (χ0n) is 8.21. The van der Waals surface area contributed by atoms with Gasteiger partial charge in [0.25, 0.3) is 0 Å². The molecule has 1 aromatic rings. The van der Waals surface area contributed by atoms with E-state index in [1.807, 2.05) is 30.3 Å². The number of benzene rings is 1. The van der Waals surface area contributed by atoms with Gasteiger partial charge in [-0.05, 0) is 5.56 Å². The van der Waals surface area contributed by atoms with Crippen LogP contribution in [0.25, 0.3) is 0 Å². The van der Waals surface area contributed by atoms with Crippen LogP contribution in [-0.4, -0.2) is 26.5 Å². The Bertz CT molecular complexity index is 440. The summed E-state index contributed by atoms with van der Waals surface area (Å²) in [5.74, 6) is -1.35. The van der Waals surface area contributed by atoms with Crippen molar-refractivity contribution in [2.75, 3.05) is 0 Å². The lowest BCUT2D eigenvalue weighted by Gasteiger charge is -2.00. The van der Waals surface area contributed by atoms with E-state index in [1.54, 1.807) is 5.67 Å². The van der Waals surface area contributed by atoms with E-state index in [9.17, 15) is 9.59 Å². The third-order valence-electron chi connectivity index (χ3n) is 1.80. The molecule has 1 fully saturated rings. The number of carbonyl (C=O) groups excluding carboxylic acids is 2. The fourth-order valence-electron chi connectivity index (χ4n) is 1.14. The molecule has 0 radical (unpaired) electrons. The van der Waals surface area contributed by atoms with E-state index >= 15 is 0 Å².